The van der Waals surface area contributed by atoms with Crippen LogP contribution < -0.4 is 5.32 Å². The standard InChI is InChI=1S/C23H37NO3/c1-21(2)9-5-10-22(3)19(21)8-11-23(12-13-23)20(22)7-6-17(14-25)18(15-27-4)24-16-26/h6,14,16,18-20H,5,7-13,15H2,1-4H3,(H,24,26)/b17-6-/t18-,19+,20-,22+/m1/s1. The van der Waals surface area contributed by atoms with Gasteiger partial charge >= 0.3 is 0 Å². The number of hydrogen-bond donors (Lipinski definition) is 1. The zero-order valence-corrected chi connectivity index (χ0v) is 17.6. The maximum atomic E-state index is 11.7. The second-order valence-corrected chi connectivity index (χ2v) is 10.2. The van der Waals surface area contributed by atoms with Crippen molar-refractivity contribution in [3.8, 4) is 0 Å². The molecule has 0 radical (unpaired) electrons. The summed E-state index contributed by atoms with van der Waals surface area (Å²) in [5, 5.41) is 2.73. The van der Waals surface area contributed by atoms with Crippen LogP contribution in [-0.4, -0.2) is 32.5 Å². The average molecular weight is 376 g/mol. The number of amides is 1. The number of allylic oxidation sites excluding steroid dienone is 1. The molecule has 4 atom stereocenters. The Hall–Kier alpha value is -1.16. The minimum atomic E-state index is -0.352. The van der Waals surface area contributed by atoms with Crippen LogP contribution in [-0.2, 0) is 14.3 Å². The predicted octanol–water partition coefficient (Wildman–Crippen LogP) is 4.29. The summed E-state index contributed by atoms with van der Waals surface area (Å²) in [6.07, 6.45) is 14.0. The molecule has 4 nitrogen and oxygen atoms in total. The van der Waals surface area contributed by atoms with Crippen LogP contribution in [0.25, 0.3) is 0 Å². The lowest BCUT2D eigenvalue weighted by molar-refractivity contribution is -0.110. The average Bonchev–Trinajstić information content (AvgIpc) is 3.37. The first-order valence-corrected chi connectivity index (χ1v) is 10.7. The van der Waals surface area contributed by atoms with E-state index < -0.39 is 0 Å². The summed E-state index contributed by atoms with van der Waals surface area (Å²) < 4.78 is 5.20. The number of hydrogen-bond acceptors (Lipinski definition) is 3. The number of aldehydes is 1. The van der Waals surface area contributed by atoms with Crippen molar-refractivity contribution in [2.24, 2.45) is 28.1 Å². The maximum Gasteiger partial charge on any atom is 0.207 e. The first-order chi connectivity index (χ1) is 12.8. The van der Waals surface area contributed by atoms with Crippen LogP contribution >= 0.6 is 0 Å². The van der Waals surface area contributed by atoms with Gasteiger partial charge in [-0.3, -0.25) is 9.59 Å². The molecule has 1 amide bonds. The molecule has 27 heavy (non-hydrogen) atoms. The molecule has 4 heteroatoms. The Morgan fingerprint density at radius 1 is 1.15 bits per heavy atom. The summed E-state index contributed by atoms with van der Waals surface area (Å²) in [4.78, 5) is 22.7. The lowest BCUT2D eigenvalue weighted by atomic mass is 9.45. The number of carbonyl (C=O) groups is 2. The highest BCUT2D eigenvalue weighted by Gasteiger charge is 2.62. The van der Waals surface area contributed by atoms with E-state index in [0.29, 0.717) is 40.8 Å². The number of methoxy groups -OCH3 is 1. The summed E-state index contributed by atoms with van der Waals surface area (Å²) >= 11 is 0. The number of nitrogens with one attached hydrogen (secondary N) is 1. The molecule has 0 saturated heterocycles. The molecule has 0 aromatic rings. The van der Waals surface area contributed by atoms with Crippen LogP contribution in [0, 0.1) is 28.1 Å². The van der Waals surface area contributed by atoms with Crippen molar-refractivity contribution >= 4 is 12.7 Å². The third-order valence-electron chi connectivity index (χ3n) is 8.36. The molecule has 152 valence electrons. The molecular formula is C23H37NO3. The van der Waals surface area contributed by atoms with E-state index in [1.807, 2.05) is 0 Å². The Morgan fingerprint density at radius 2 is 1.89 bits per heavy atom. The van der Waals surface area contributed by atoms with Gasteiger partial charge in [0.15, 0.2) is 0 Å². The van der Waals surface area contributed by atoms with Crippen LogP contribution in [0.4, 0.5) is 0 Å². The molecule has 1 spiro atoms. The fourth-order valence-corrected chi connectivity index (χ4v) is 6.90. The highest BCUT2D eigenvalue weighted by molar-refractivity contribution is 5.76. The van der Waals surface area contributed by atoms with Crippen LogP contribution in [0.3, 0.4) is 0 Å². The van der Waals surface area contributed by atoms with Gasteiger partial charge in [0, 0.05) is 12.7 Å². The Labute approximate surface area is 164 Å². The van der Waals surface area contributed by atoms with Crippen LogP contribution in [0.2, 0.25) is 0 Å². The molecule has 0 aromatic heterocycles. The fourth-order valence-electron chi connectivity index (χ4n) is 6.90. The van der Waals surface area contributed by atoms with E-state index in [1.165, 1.54) is 44.9 Å². The normalized spacial score (nSPS) is 35.2. The third-order valence-corrected chi connectivity index (χ3v) is 8.36. The molecule has 3 aliphatic carbocycles. The van der Waals surface area contributed by atoms with Gasteiger partial charge in [-0.2, -0.15) is 0 Å². The summed E-state index contributed by atoms with van der Waals surface area (Å²) in [6, 6.07) is -0.352. The highest BCUT2D eigenvalue weighted by atomic mass is 16.5. The second kappa shape index (κ2) is 7.69. The number of ether oxygens (including phenoxy) is 1. The third kappa shape index (κ3) is 3.74. The van der Waals surface area contributed by atoms with E-state index in [2.05, 4.69) is 32.2 Å². The maximum absolute atomic E-state index is 11.7. The van der Waals surface area contributed by atoms with Crippen LogP contribution in [0.5, 0.6) is 0 Å². The number of carbonyl (C=O) groups excluding carboxylic acids is 2. The Kier molecular flexibility index (Phi) is 5.86. The van der Waals surface area contributed by atoms with Gasteiger partial charge in [-0.25, -0.2) is 0 Å². The van der Waals surface area contributed by atoms with Crippen molar-refractivity contribution in [3.05, 3.63) is 11.6 Å². The van der Waals surface area contributed by atoms with Gasteiger partial charge in [-0.15, -0.1) is 0 Å². The lowest BCUT2D eigenvalue weighted by Gasteiger charge is -2.60. The van der Waals surface area contributed by atoms with Crippen molar-refractivity contribution in [1.82, 2.24) is 5.32 Å². The molecular weight excluding hydrogens is 338 g/mol. The fraction of sp³-hybridized carbons (Fsp3) is 0.826. The van der Waals surface area contributed by atoms with Crippen molar-refractivity contribution in [2.45, 2.75) is 78.2 Å². The smallest absolute Gasteiger partial charge is 0.207 e. The zero-order chi connectivity index (χ0) is 19.7. The Morgan fingerprint density at radius 3 is 2.48 bits per heavy atom. The zero-order valence-electron chi connectivity index (χ0n) is 17.6. The molecule has 0 aromatic carbocycles. The Balaban J connectivity index is 1.86. The van der Waals surface area contributed by atoms with Crippen molar-refractivity contribution < 1.29 is 14.3 Å². The van der Waals surface area contributed by atoms with Crippen molar-refractivity contribution in [1.29, 1.82) is 0 Å². The van der Waals surface area contributed by atoms with Crippen molar-refractivity contribution in [2.75, 3.05) is 13.7 Å². The van der Waals surface area contributed by atoms with Crippen LogP contribution in [0.15, 0.2) is 11.6 Å². The lowest BCUT2D eigenvalue weighted by Crippen LogP contribution is -2.52. The van der Waals surface area contributed by atoms with E-state index in [9.17, 15) is 9.59 Å². The first kappa shape index (κ1) is 20.6. The molecule has 3 saturated carbocycles. The van der Waals surface area contributed by atoms with Crippen molar-refractivity contribution in [3.63, 3.8) is 0 Å². The summed E-state index contributed by atoms with van der Waals surface area (Å²) in [7, 11) is 1.60. The van der Waals surface area contributed by atoms with E-state index >= 15 is 0 Å². The molecule has 0 bridgehead atoms. The molecule has 1 N–H and O–H groups in total. The monoisotopic (exact) mass is 375 g/mol. The van der Waals surface area contributed by atoms with Gasteiger partial charge in [-0.05, 0) is 73.0 Å². The van der Waals surface area contributed by atoms with Crippen LogP contribution in [0.1, 0.15) is 72.1 Å². The topological polar surface area (TPSA) is 55.4 Å². The van der Waals surface area contributed by atoms with Gasteiger partial charge in [-0.1, -0.05) is 33.3 Å². The molecule has 0 unspecified atom stereocenters. The van der Waals surface area contributed by atoms with E-state index in [1.54, 1.807) is 7.11 Å². The summed E-state index contributed by atoms with van der Waals surface area (Å²) in [5.74, 6) is 1.41. The van der Waals surface area contributed by atoms with E-state index in [-0.39, 0.29) is 6.04 Å². The molecule has 3 rings (SSSR count). The number of rotatable bonds is 8. The minimum absolute atomic E-state index is 0.325. The van der Waals surface area contributed by atoms with E-state index in [0.717, 1.165) is 18.6 Å². The summed E-state index contributed by atoms with van der Waals surface area (Å²) in [6.45, 7) is 7.79. The largest absolute Gasteiger partial charge is 0.382 e. The number of fused-ring (bicyclic) bond motifs is 1. The molecule has 0 heterocycles. The van der Waals surface area contributed by atoms with Gasteiger partial charge < -0.3 is 10.1 Å². The SMILES string of the molecule is COC[C@@H](NC=O)/C(C=O)=C\C[C@H]1C2(CC[C@H]3C(C)(C)CCC[C@@]31C)CC2. The minimum Gasteiger partial charge on any atom is -0.382 e. The molecule has 3 fully saturated rings. The molecule has 0 aliphatic heterocycles. The second-order valence-electron chi connectivity index (χ2n) is 10.2. The van der Waals surface area contributed by atoms with E-state index in [4.69, 9.17) is 4.74 Å². The van der Waals surface area contributed by atoms with Gasteiger partial charge in [0.2, 0.25) is 6.41 Å². The quantitative estimate of drug-likeness (QED) is 0.509. The Bertz CT molecular complexity index is 592. The van der Waals surface area contributed by atoms with Gasteiger partial charge in [0.1, 0.15) is 6.29 Å². The predicted molar refractivity (Wildman–Crippen MR) is 107 cm³/mol. The highest BCUT2D eigenvalue weighted by Crippen LogP contribution is 2.72. The molecule has 3 aliphatic rings. The van der Waals surface area contributed by atoms with Gasteiger partial charge in [0.05, 0.1) is 12.6 Å². The first-order valence-electron chi connectivity index (χ1n) is 10.7. The van der Waals surface area contributed by atoms with Gasteiger partial charge in [0.25, 0.3) is 0 Å². The summed E-state index contributed by atoms with van der Waals surface area (Å²) in [5.41, 5.74) is 1.92.